The molecule has 0 saturated carbocycles. The van der Waals surface area contributed by atoms with Crippen molar-refractivity contribution in [2.75, 3.05) is 32.8 Å². The molecular weight excluding hydrogens is 194 g/mol. The summed E-state index contributed by atoms with van der Waals surface area (Å²) in [5.74, 6) is -0.135. The highest BCUT2D eigenvalue weighted by Gasteiger charge is 2.22. The predicted octanol–water partition coefficient (Wildman–Crippen LogP) is 1.05. The van der Waals surface area contributed by atoms with E-state index in [-0.39, 0.29) is 11.6 Å². The van der Waals surface area contributed by atoms with Crippen molar-refractivity contribution in [2.24, 2.45) is 0 Å². The van der Waals surface area contributed by atoms with Crippen molar-refractivity contribution in [1.82, 2.24) is 4.90 Å². The molecular formula is C11H21NO3. The molecule has 4 nitrogen and oxygen atoms in total. The molecule has 4 heteroatoms. The Kier molecular flexibility index (Phi) is 4.54. The highest BCUT2D eigenvalue weighted by atomic mass is 16.6. The van der Waals surface area contributed by atoms with Crippen LogP contribution in [0.4, 0.5) is 0 Å². The molecule has 1 saturated heterocycles. The van der Waals surface area contributed by atoms with Crippen molar-refractivity contribution >= 4 is 5.97 Å². The second kappa shape index (κ2) is 5.47. The molecule has 0 aromatic rings. The van der Waals surface area contributed by atoms with Crippen LogP contribution in [-0.4, -0.2) is 49.3 Å². The quantitative estimate of drug-likeness (QED) is 0.657. The summed E-state index contributed by atoms with van der Waals surface area (Å²) in [5.41, 5.74) is -0.344. The molecule has 0 aliphatic carbocycles. The Morgan fingerprint density at radius 2 is 2.00 bits per heavy atom. The summed E-state index contributed by atoms with van der Waals surface area (Å²) in [6.07, 6.45) is 0.835. The number of ether oxygens (including phenoxy) is 2. The zero-order chi connectivity index (χ0) is 11.3. The number of rotatable bonds is 4. The maximum atomic E-state index is 11.6. The Morgan fingerprint density at radius 3 is 2.53 bits per heavy atom. The standard InChI is InChI=1S/C11H21NO3/c1-4-11(2,3)15-10(13)9-12-5-7-14-8-6-12/h4-9H2,1-3H3. The molecule has 1 aliphatic heterocycles. The minimum absolute atomic E-state index is 0.135. The van der Waals surface area contributed by atoms with Crippen LogP contribution in [-0.2, 0) is 14.3 Å². The van der Waals surface area contributed by atoms with Crippen LogP contribution >= 0.6 is 0 Å². The lowest BCUT2D eigenvalue weighted by atomic mass is 10.1. The third kappa shape index (κ3) is 4.62. The number of esters is 1. The molecule has 1 fully saturated rings. The molecule has 1 rings (SSSR count). The molecule has 0 aromatic heterocycles. The van der Waals surface area contributed by atoms with Gasteiger partial charge in [0.15, 0.2) is 0 Å². The Labute approximate surface area is 91.5 Å². The van der Waals surface area contributed by atoms with E-state index >= 15 is 0 Å². The Bertz CT molecular complexity index is 210. The first-order valence-electron chi connectivity index (χ1n) is 5.55. The minimum Gasteiger partial charge on any atom is -0.459 e. The van der Waals surface area contributed by atoms with Crippen LogP contribution in [0.5, 0.6) is 0 Å². The van der Waals surface area contributed by atoms with Gasteiger partial charge in [0.25, 0.3) is 0 Å². The number of morpholine rings is 1. The maximum Gasteiger partial charge on any atom is 0.320 e. The lowest BCUT2D eigenvalue weighted by Crippen LogP contribution is -2.41. The third-order valence-corrected chi connectivity index (χ3v) is 2.70. The van der Waals surface area contributed by atoms with E-state index in [1.54, 1.807) is 0 Å². The lowest BCUT2D eigenvalue weighted by Gasteiger charge is -2.28. The van der Waals surface area contributed by atoms with E-state index in [1.807, 2.05) is 20.8 Å². The molecule has 0 radical (unpaired) electrons. The number of carbonyl (C=O) groups is 1. The molecule has 88 valence electrons. The second-order valence-electron chi connectivity index (χ2n) is 4.48. The van der Waals surface area contributed by atoms with E-state index in [1.165, 1.54) is 0 Å². The van der Waals surface area contributed by atoms with Crippen LogP contribution in [0.2, 0.25) is 0 Å². The summed E-state index contributed by atoms with van der Waals surface area (Å²) in [7, 11) is 0. The van der Waals surface area contributed by atoms with Crippen molar-refractivity contribution in [2.45, 2.75) is 32.8 Å². The van der Waals surface area contributed by atoms with E-state index in [9.17, 15) is 4.79 Å². The molecule has 0 N–H and O–H groups in total. The molecule has 0 amide bonds. The molecule has 0 bridgehead atoms. The van der Waals surface area contributed by atoms with E-state index in [2.05, 4.69) is 4.90 Å². The van der Waals surface area contributed by atoms with Crippen molar-refractivity contribution in [1.29, 1.82) is 0 Å². The van der Waals surface area contributed by atoms with Crippen LogP contribution in [0.3, 0.4) is 0 Å². The van der Waals surface area contributed by atoms with E-state index in [0.717, 1.165) is 19.5 Å². The van der Waals surface area contributed by atoms with Gasteiger partial charge in [-0.15, -0.1) is 0 Å². The normalized spacial score (nSPS) is 18.9. The fourth-order valence-electron chi connectivity index (χ4n) is 1.35. The van der Waals surface area contributed by atoms with Gasteiger partial charge in [-0.2, -0.15) is 0 Å². The highest BCUT2D eigenvalue weighted by molar-refractivity contribution is 5.72. The van der Waals surface area contributed by atoms with Gasteiger partial charge >= 0.3 is 5.97 Å². The summed E-state index contributed by atoms with van der Waals surface area (Å²) in [4.78, 5) is 13.6. The fraction of sp³-hybridized carbons (Fsp3) is 0.909. The topological polar surface area (TPSA) is 38.8 Å². The zero-order valence-corrected chi connectivity index (χ0v) is 9.91. The molecule has 0 aromatic carbocycles. The minimum atomic E-state index is -0.344. The maximum absolute atomic E-state index is 11.6. The highest BCUT2D eigenvalue weighted by Crippen LogP contribution is 2.13. The van der Waals surface area contributed by atoms with Gasteiger partial charge in [-0.25, -0.2) is 0 Å². The van der Waals surface area contributed by atoms with Crippen molar-refractivity contribution < 1.29 is 14.3 Å². The van der Waals surface area contributed by atoms with Crippen molar-refractivity contribution in [3.63, 3.8) is 0 Å². The van der Waals surface area contributed by atoms with Crippen LogP contribution in [0.25, 0.3) is 0 Å². The molecule has 0 unspecified atom stereocenters. The first-order valence-corrected chi connectivity index (χ1v) is 5.55. The smallest absolute Gasteiger partial charge is 0.320 e. The molecule has 15 heavy (non-hydrogen) atoms. The van der Waals surface area contributed by atoms with Gasteiger partial charge in [0, 0.05) is 13.1 Å². The van der Waals surface area contributed by atoms with Gasteiger partial charge in [0.2, 0.25) is 0 Å². The van der Waals surface area contributed by atoms with E-state index < -0.39 is 0 Å². The Morgan fingerprint density at radius 1 is 1.40 bits per heavy atom. The van der Waals surface area contributed by atoms with Crippen LogP contribution in [0.1, 0.15) is 27.2 Å². The van der Waals surface area contributed by atoms with Gasteiger partial charge in [-0.3, -0.25) is 9.69 Å². The van der Waals surface area contributed by atoms with Gasteiger partial charge in [-0.05, 0) is 20.3 Å². The molecule has 0 atom stereocenters. The van der Waals surface area contributed by atoms with Crippen molar-refractivity contribution in [3.8, 4) is 0 Å². The van der Waals surface area contributed by atoms with Gasteiger partial charge < -0.3 is 9.47 Å². The largest absolute Gasteiger partial charge is 0.459 e. The second-order valence-corrected chi connectivity index (χ2v) is 4.48. The van der Waals surface area contributed by atoms with Crippen LogP contribution in [0.15, 0.2) is 0 Å². The third-order valence-electron chi connectivity index (χ3n) is 2.70. The van der Waals surface area contributed by atoms with Gasteiger partial charge in [0.05, 0.1) is 19.8 Å². The number of hydrogen-bond acceptors (Lipinski definition) is 4. The Hall–Kier alpha value is -0.610. The zero-order valence-electron chi connectivity index (χ0n) is 9.91. The Balaban J connectivity index is 2.28. The average molecular weight is 215 g/mol. The van der Waals surface area contributed by atoms with Crippen LogP contribution in [0, 0.1) is 0 Å². The van der Waals surface area contributed by atoms with Crippen LogP contribution < -0.4 is 0 Å². The summed E-state index contributed by atoms with van der Waals surface area (Å²) in [5, 5.41) is 0. The first-order chi connectivity index (χ1) is 7.03. The number of hydrogen-bond donors (Lipinski definition) is 0. The average Bonchev–Trinajstić information content (AvgIpc) is 2.18. The first kappa shape index (κ1) is 12.5. The number of nitrogens with zero attached hydrogens (tertiary/aromatic N) is 1. The molecule has 0 spiro atoms. The monoisotopic (exact) mass is 215 g/mol. The van der Waals surface area contributed by atoms with Crippen molar-refractivity contribution in [3.05, 3.63) is 0 Å². The lowest BCUT2D eigenvalue weighted by molar-refractivity contribution is -0.158. The summed E-state index contributed by atoms with van der Waals surface area (Å²) < 4.78 is 10.6. The number of carbonyl (C=O) groups excluding carboxylic acids is 1. The predicted molar refractivity (Wildman–Crippen MR) is 57.7 cm³/mol. The van der Waals surface area contributed by atoms with Gasteiger partial charge in [0.1, 0.15) is 5.60 Å². The summed E-state index contributed by atoms with van der Waals surface area (Å²) in [6.45, 7) is 9.33. The molecule has 1 heterocycles. The fourth-order valence-corrected chi connectivity index (χ4v) is 1.35. The summed E-state index contributed by atoms with van der Waals surface area (Å²) >= 11 is 0. The van der Waals surface area contributed by atoms with E-state index in [0.29, 0.717) is 19.8 Å². The summed E-state index contributed by atoms with van der Waals surface area (Å²) in [6, 6.07) is 0. The molecule has 1 aliphatic rings. The SMILES string of the molecule is CCC(C)(C)OC(=O)CN1CCOCC1. The van der Waals surface area contributed by atoms with E-state index in [4.69, 9.17) is 9.47 Å². The van der Waals surface area contributed by atoms with Gasteiger partial charge in [-0.1, -0.05) is 6.92 Å².